The molecule has 5 aromatic rings. The molecule has 10 heteroatoms. The Bertz CT molecular complexity index is 1490. The van der Waals surface area contributed by atoms with Crippen molar-refractivity contribution in [2.24, 2.45) is 0 Å². The molecule has 2 N–H and O–H groups in total. The molecule has 0 radical (unpaired) electrons. The Hall–Kier alpha value is -4.86. The number of carboxylic acid groups (broad SMARTS) is 1. The fraction of sp³-hybridized carbons (Fsp3) is 0.148. The van der Waals surface area contributed by atoms with Crippen LogP contribution in [0, 0.1) is 5.82 Å². The van der Waals surface area contributed by atoms with E-state index < -0.39 is 11.8 Å². The Labute approximate surface area is 212 Å². The summed E-state index contributed by atoms with van der Waals surface area (Å²) in [4.78, 5) is 24.1. The molecule has 0 spiro atoms. The highest BCUT2D eigenvalue weighted by atomic mass is 19.1. The Morgan fingerprint density at radius 3 is 2.32 bits per heavy atom. The first-order valence-corrected chi connectivity index (χ1v) is 11.7. The van der Waals surface area contributed by atoms with Crippen LogP contribution in [0.3, 0.4) is 0 Å². The van der Waals surface area contributed by atoms with E-state index in [0.29, 0.717) is 17.2 Å². The SMILES string of the molecule is CCCC.O=C(O)c1cnc2nc(Nc3ccc(Oc4ccncc4)cc3)nn2c1-c1ccccc1F. The van der Waals surface area contributed by atoms with Gasteiger partial charge in [0.05, 0.1) is 5.69 Å². The number of nitrogens with zero attached hydrogens (tertiary/aromatic N) is 5. The van der Waals surface area contributed by atoms with Crippen LogP contribution in [-0.2, 0) is 0 Å². The van der Waals surface area contributed by atoms with E-state index in [1.807, 2.05) is 0 Å². The topological polar surface area (TPSA) is 115 Å². The van der Waals surface area contributed by atoms with Crippen LogP contribution in [0.1, 0.15) is 37.0 Å². The highest BCUT2D eigenvalue weighted by Crippen LogP contribution is 2.28. The van der Waals surface area contributed by atoms with Gasteiger partial charge in [-0.05, 0) is 48.5 Å². The molecule has 5 rings (SSSR count). The maximum absolute atomic E-state index is 14.5. The Balaban J connectivity index is 0.000000747. The molecule has 188 valence electrons. The molecule has 3 heterocycles. The van der Waals surface area contributed by atoms with Gasteiger partial charge < -0.3 is 15.2 Å². The predicted octanol–water partition coefficient (Wildman–Crippen LogP) is 6.37. The summed E-state index contributed by atoms with van der Waals surface area (Å²) < 4.78 is 21.4. The first-order valence-electron chi connectivity index (χ1n) is 11.7. The van der Waals surface area contributed by atoms with Crippen molar-refractivity contribution in [3.63, 3.8) is 0 Å². The van der Waals surface area contributed by atoms with Crippen LogP contribution in [0.25, 0.3) is 17.0 Å². The molecule has 0 aliphatic carbocycles. The molecule has 0 saturated heterocycles. The van der Waals surface area contributed by atoms with Crippen molar-refractivity contribution in [1.29, 1.82) is 0 Å². The third kappa shape index (κ3) is 6.04. The highest BCUT2D eigenvalue weighted by Gasteiger charge is 2.21. The molecule has 0 amide bonds. The summed E-state index contributed by atoms with van der Waals surface area (Å²) in [5.41, 5.74) is 0.601. The zero-order chi connectivity index (χ0) is 26.2. The molecule has 3 aromatic heterocycles. The van der Waals surface area contributed by atoms with Crippen molar-refractivity contribution in [1.82, 2.24) is 24.6 Å². The number of carbonyl (C=O) groups is 1. The Morgan fingerprint density at radius 1 is 1.00 bits per heavy atom. The minimum absolute atomic E-state index is 0.0484. The van der Waals surface area contributed by atoms with Crippen LogP contribution < -0.4 is 10.1 Å². The van der Waals surface area contributed by atoms with Crippen LogP contribution in [-0.4, -0.2) is 35.6 Å². The molecule has 9 nitrogen and oxygen atoms in total. The van der Waals surface area contributed by atoms with E-state index in [9.17, 15) is 14.3 Å². The van der Waals surface area contributed by atoms with Gasteiger partial charge in [-0.2, -0.15) is 9.50 Å². The van der Waals surface area contributed by atoms with E-state index in [4.69, 9.17) is 4.74 Å². The van der Waals surface area contributed by atoms with Crippen molar-refractivity contribution in [2.75, 3.05) is 5.32 Å². The Morgan fingerprint density at radius 2 is 1.68 bits per heavy atom. The van der Waals surface area contributed by atoms with E-state index in [1.54, 1.807) is 54.9 Å². The Kier molecular flexibility index (Phi) is 7.99. The number of benzene rings is 2. The third-order valence-corrected chi connectivity index (χ3v) is 5.22. The third-order valence-electron chi connectivity index (χ3n) is 5.22. The summed E-state index contributed by atoms with van der Waals surface area (Å²) in [6.45, 7) is 4.36. The smallest absolute Gasteiger partial charge is 0.339 e. The van der Waals surface area contributed by atoms with Crippen molar-refractivity contribution < 1.29 is 19.0 Å². The number of ether oxygens (including phenoxy) is 1. The zero-order valence-electron chi connectivity index (χ0n) is 20.3. The number of halogens is 1. The number of pyridine rings is 1. The van der Waals surface area contributed by atoms with Crippen molar-refractivity contribution >= 4 is 23.4 Å². The second kappa shape index (κ2) is 11.7. The molecule has 0 unspecified atom stereocenters. The number of rotatable bonds is 7. The second-order valence-electron chi connectivity index (χ2n) is 7.89. The van der Waals surface area contributed by atoms with Gasteiger partial charge in [-0.25, -0.2) is 14.2 Å². The van der Waals surface area contributed by atoms with Gasteiger partial charge in [-0.3, -0.25) is 4.98 Å². The lowest BCUT2D eigenvalue weighted by molar-refractivity contribution is 0.0696. The second-order valence-corrected chi connectivity index (χ2v) is 7.89. The number of nitrogens with one attached hydrogen (secondary N) is 1. The summed E-state index contributed by atoms with van der Waals surface area (Å²) in [6.07, 6.45) is 7.06. The van der Waals surface area contributed by atoms with Crippen LogP contribution >= 0.6 is 0 Å². The van der Waals surface area contributed by atoms with Crippen LogP contribution in [0.2, 0.25) is 0 Å². The van der Waals surface area contributed by atoms with Gasteiger partial charge in [0.25, 0.3) is 5.78 Å². The lowest BCUT2D eigenvalue weighted by Crippen LogP contribution is -2.08. The molecule has 0 atom stereocenters. The van der Waals surface area contributed by atoms with Gasteiger partial charge in [0.1, 0.15) is 22.9 Å². The van der Waals surface area contributed by atoms with E-state index >= 15 is 0 Å². The normalized spacial score (nSPS) is 10.5. The van der Waals surface area contributed by atoms with Crippen LogP contribution in [0.15, 0.2) is 79.3 Å². The number of aromatic nitrogens is 5. The summed E-state index contributed by atoms with van der Waals surface area (Å²) in [6, 6.07) is 16.4. The molecule has 2 aromatic carbocycles. The number of fused-ring (bicyclic) bond motifs is 1. The van der Waals surface area contributed by atoms with E-state index in [2.05, 4.69) is 39.2 Å². The molecular formula is C27H25FN6O3. The first kappa shape index (κ1) is 25.2. The molecular weight excluding hydrogens is 475 g/mol. The number of hydrogen-bond acceptors (Lipinski definition) is 7. The lowest BCUT2D eigenvalue weighted by atomic mass is 10.1. The fourth-order valence-electron chi connectivity index (χ4n) is 3.23. The van der Waals surface area contributed by atoms with Gasteiger partial charge in [0, 0.05) is 29.8 Å². The van der Waals surface area contributed by atoms with Crippen LogP contribution in [0.5, 0.6) is 11.5 Å². The highest BCUT2D eigenvalue weighted by molar-refractivity contribution is 5.95. The summed E-state index contributed by atoms with van der Waals surface area (Å²) >= 11 is 0. The number of unbranched alkanes of at least 4 members (excludes halogenated alkanes) is 1. The lowest BCUT2D eigenvalue weighted by Gasteiger charge is -2.08. The van der Waals surface area contributed by atoms with Gasteiger partial charge >= 0.3 is 5.97 Å². The number of aromatic carboxylic acids is 1. The maximum Gasteiger partial charge on any atom is 0.339 e. The van der Waals surface area contributed by atoms with Crippen molar-refractivity contribution in [3.8, 4) is 22.8 Å². The van der Waals surface area contributed by atoms with Gasteiger partial charge in [-0.1, -0.05) is 38.8 Å². The van der Waals surface area contributed by atoms with Gasteiger partial charge in [0.15, 0.2) is 0 Å². The monoisotopic (exact) mass is 500 g/mol. The van der Waals surface area contributed by atoms with Gasteiger partial charge in [0.2, 0.25) is 5.95 Å². The van der Waals surface area contributed by atoms with Gasteiger partial charge in [-0.15, -0.1) is 5.10 Å². The van der Waals surface area contributed by atoms with E-state index in [1.165, 1.54) is 35.6 Å². The standard InChI is InChI=1S/C23H15FN6O3.C4H10/c24-19-4-2-1-3-17(19)20-18(21(31)32)13-26-23-28-22(29-30(20)23)27-14-5-7-15(8-6-14)33-16-9-11-25-12-10-16;1-3-4-2/h1-13H,(H,27,29)(H,31,32);3-4H2,1-2H3. The average molecular weight is 501 g/mol. The van der Waals surface area contributed by atoms with Crippen LogP contribution in [0.4, 0.5) is 16.0 Å². The van der Waals surface area contributed by atoms with E-state index in [0.717, 1.165) is 6.20 Å². The average Bonchev–Trinajstić information content (AvgIpc) is 3.33. The maximum atomic E-state index is 14.5. The summed E-state index contributed by atoms with van der Waals surface area (Å²) in [5.74, 6) is -0.249. The fourth-order valence-corrected chi connectivity index (χ4v) is 3.23. The molecule has 0 aliphatic heterocycles. The zero-order valence-corrected chi connectivity index (χ0v) is 20.3. The predicted molar refractivity (Wildman–Crippen MR) is 138 cm³/mol. The summed E-state index contributed by atoms with van der Waals surface area (Å²) in [5, 5.41) is 17.0. The summed E-state index contributed by atoms with van der Waals surface area (Å²) in [7, 11) is 0. The number of anilines is 2. The molecule has 0 aliphatic rings. The molecule has 0 fully saturated rings. The first-order chi connectivity index (χ1) is 18.0. The molecule has 37 heavy (non-hydrogen) atoms. The molecule has 0 bridgehead atoms. The minimum Gasteiger partial charge on any atom is -0.478 e. The van der Waals surface area contributed by atoms with Crippen molar-refractivity contribution in [3.05, 3.63) is 90.6 Å². The number of hydrogen-bond donors (Lipinski definition) is 2. The van der Waals surface area contributed by atoms with Crippen molar-refractivity contribution in [2.45, 2.75) is 26.7 Å². The largest absolute Gasteiger partial charge is 0.478 e. The minimum atomic E-state index is -1.25. The van der Waals surface area contributed by atoms with E-state index in [-0.39, 0.29) is 28.5 Å². The number of carboxylic acids is 1. The molecule has 0 saturated carbocycles. The quantitative estimate of drug-likeness (QED) is 0.265.